The summed E-state index contributed by atoms with van der Waals surface area (Å²) >= 11 is 0. The molecule has 1 aromatic carbocycles. The number of methoxy groups -OCH3 is 1. The number of anilines is 1. The monoisotopic (exact) mass is 278 g/mol. The van der Waals surface area contributed by atoms with Gasteiger partial charge in [0, 0.05) is 24.7 Å². The first-order valence-corrected chi connectivity index (χ1v) is 6.66. The smallest absolute Gasteiger partial charge is 0.337 e. The Bertz CT molecular complexity index is 484. The molecule has 1 aromatic rings. The topological polar surface area (TPSA) is 67.4 Å². The van der Waals surface area contributed by atoms with Crippen LogP contribution in [0.2, 0.25) is 0 Å². The Balaban J connectivity index is 2.60. The molecule has 0 bridgehead atoms. The fourth-order valence-corrected chi connectivity index (χ4v) is 1.74. The Kier molecular flexibility index (Phi) is 6.18. The van der Waals surface area contributed by atoms with E-state index in [1.807, 2.05) is 20.8 Å². The highest BCUT2D eigenvalue weighted by molar-refractivity contribution is 5.94. The van der Waals surface area contributed by atoms with E-state index in [9.17, 15) is 9.59 Å². The van der Waals surface area contributed by atoms with E-state index < -0.39 is 0 Å². The predicted molar refractivity (Wildman–Crippen MR) is 78.9 cm³/mol. The van der Waals surface area contributed by atoms with Crippen LogP contribution in [0, 0.1) is 6.92 Å². The molecule has 1 rings (SSSR count). The van der Waals surface area contributed by atoms with Gasteiger partial charge in [-0.15, -0.1) is 0 Å². The van der Waals surface area contributed by atoms with Crippen LogP contribution in [0.4, 0.5) is 5.69 Å². The SMILES string of the molecule is COC(=O)c1ccc(NC(=O)CCNC(C)C)c(C)c1. The van der Waals surface area contributed by atoms with Crippen molar-refractivity contribution in [2.24, 2.45) is 0 Å². The maximum atomic E-state index is 11.8. The third-order valence-corrected chi connectivity index (χ3v) is 2.83. The first-order valence-electron chi connectivity index (χ1n) is 6.66. The van der Waals surface area contributed by atoms with E-state index >= 15 is 0 Å². The van der Waals surface area contributed by atoms with Crippen LogP contribution in [0.25, 0.3) is 0 Å². The molecule has 110 valence electrons. The van der Waals surface area contributed by atoms with Crippen molar-refractivity contribution in [1.82, 2.24) is 5.32 Å². The number of rotatable bonds is 6. The van der Waals surface area contributed by atoms with Crippen LogP contribution in [-0.4, -0.2) is 31.6 Å². The summed E-state index contributed by atoms with van der Waals surface area (Å²) in [5.41, 5.74) is 2.02. The van der Waals surface area contributed by atoms with Crippen LogP contribution >= 0.6 is 0 Å². The molecule has 0 aliphatic rings. The number of nitrogens with one attached hydrogen (secondary N) is 2. The average molecular weight is 278 g/mol. The van der Waals surface area contributed by atoms with Crippen LogP contribution in [0.15, 0.2) is 18.2 Å². The predicted octanol–water partition coefficient (Wildman–Crippen LogP) is 2.11. The van der Waals surface area contributed by atoms with Gasteiger partial charge in [0.1, 0.15) is 0 Å². The molecule has 0 saturated heterocycles. The molecular formula is C15H22N2O3. The number of carbonyl (C=O) groups excluding carboxylic acids is 2. The zero-order chi connectivity index (χ0) is 15.1. The molecule has 0 aliphatic carbocycles. The second kappa shape index (κ2) is 7.65. The van der Waals surface area contributed by atoms with Crippen LogP contribution in [0.1, 0.15) is 36.2 Å². The number of amides is 1. The zero-order valence-electron chi connectivity index (χ0n) is 12.4. The van der Waals surface area contributed by atoms with Crippen molar-refractivity contribution in [2.45, 2.75) is 33.2 Å². The largest absolute Gasteiger partial charge is 0.465 e. The van der Waals surface area contributed by atoms with Gasteiger partial charge in [-0.2, -0.15) is 0 Å². The van der Waals surface area contributed by atoms with E-state index in [1.165, 1.54) is 7.11 Å². The zero-order valence-corrected chi connectivity index (χ0v) is 12.4. The van der Waals surface area contributed by atoms with Crippen molar-refractivity contribution in [2.75, 3.05) is 19.0 Å². The highest BCUT2D eigenvalue weighted by Gasteiger charge is 2.09. The minimum atomic E-state index is -0.382. The van der Waals surface area contributed by atoms with Crippen LogP contribution < -0.4 is 10.6 Å². The third kappa shape index (κ3) is 5.01. The quantitative estimate of drug-likeness (QED) is 0.782. The Morgan fingerprint density at radius 2 is 2.00 bits per heavy atom. The fraction of sp³-hybridized carbons (Fsp3) is 0.467. The lowest BCUT2D eigenvalue weighted by atomic mass is 10.1. The molecule has 2 N–H and O–H groups in total. The maximum absolute atomic E-state index is 11.8. The number of ether oxygens (including phenoxy) is 1. The summed E-state index contributed by atoms with van der Waals surface area (Å²) in [7, 11) is 1.34. The molecule has 0 radical (unpaired) electrons. The lowest BCUT2D eigenvalue weighted by Gasteiger charge is -2.11. The summed E-state index contributed by atoms with van der Waals surface area (Å²) in [5.74, 6) is -0.431. The molecule has 0 atom stereocenters. The number of hydrogen-bond donors (Lipinski definition) is 2. The highest BCUT2D eigenvalue weighted by atomic mass is 16.5. The number of benzene rings is 1. The number of carbonyl (C=O) groups is 2. The molecule has 0 heterocycles. The Labute approximate surface area is 119 Å². The first kappa shape index (κ1) is 16.2. The van der Waals surface area contributed by atoms with Gasteiger partial charge in [-0.3, -0.25) is 4.79 Å². The maximum Gasteiger partial charge on any atom is 0.337 e. The van der Waals surface area contributed by atoms with Crippen molar-refractivity contribution in [3.05, 3.63) is 29.3 Å². The minimum absolute atomic E-state index is 0.0490. The molecule has 0 fully saturated rings. The summed E-state index contributed by atoms with van der Waals surface area (Å²) in [6, 6.07) is 5.42. The van der Waals surface area contributed by atoms with E-state index in [2.05, 4.69) is 15.4 Å². The highest BCUT2D eigenvalue weighted by Crippen LogP contribution is 2.17. The molecule has 1 amide bonds. The molecule has 5 nitrogen and oxygen atoms in total. The van der Waals surface area contributed by atoms with Gasteiger partial charge in [-0.25, -0.2) is 4.79 Å². The number of hydrogen-bond acceptors (Lipinski definition) is 4. The molecule has 5 heteroatoms. The van der Waals surface area contributed by atoms with Gasteiger partial charge in [0.2, 0.25) is 5.91 Å². The molecule has 0 saturated carbocycles. The van der Waals surface area contributed by atoms with Crippen molar-refractivity contribution >= 4 is 17.6 Å². The van der Waals surface area contributed by atoms with E-state index in [0.29, 0.717) is 30.3 Å². The number of esters is 1. The molecule has 20 heavy (non-hydrogen) atoms. The van der Waals surface area contributed by atoms with E-state index in [4.69, 9.17) is 0 Å². The van der Waals surface area contributed by atoms with Gasteiger partial charge >= 0.3 is 5.97 Å². The Morgan fingerprint density at radius 3 is 2.55 bits per heavy atom. The summed E-state index contributed by atoms with van der Waals surface area (Å²) in [6.45, 7) is 6.55. The summed E-state index contributed by atoms with van der Waals surface area (Å²) < 4.78 is 4.65. The number of aryl methyl sites for hydroxylation is 1. The Morgan fingerprint density at radius 1 is 1.30 bits per heavy atom. The van der Waals surface area contributed by atoms with Crippen molar-refractivity contribution in [3.63, 3.8) is 0 Å². The van der Waals surface area contributed by atoms with Gasteiger partial charge in [-0.05, 0) is 30.7 Å². The van der Waals surface area contributed by atoms with Crippen LogP contribution in [-0.2, 0) is 9.53 Å². The van der Waals surface area contributed by atoms with Crippen molar-refractivity contribution < 1.29 is 14.3 Å². The lowest BCUT2D eigenvalue weighted by Crippen LogP contribution is -2.27. The second-order valence-electron chi connectivity index (χ2n) is 4.93. The van der Waals surface area contributed by atoms with Crippen LogP contribution in [0.5, 0.6) is 0 Å². The van der Waals surface area contributed by atoms with E-state index in [0.717, 1.165) is 5.56 Å². The van der Waals surface area contributed by atoms with Crippen molar-refractivity contribution in [3.8, 4) is 0 Å². The van der Waals surface area contributed by atoms with Gasteiger partial charge in [-0.1, -0.05) is 13.8 Å². The standard InChI is InChI=1S/C15H22N2O3/c1-10(2)16-8-7-14(18)17-13-6-5-12(9-11(13)3)15(19)20-4/h5-6,9-10,16H,7-8H2,1-4H3,(H,17,18). The Hall–Kier alpha value is -1.88. The lowest BCUT2D eigenvalue weighted by molar-refractivity contribution is -0.116. The summed E-state index contributed by atoms with van der Waals surface area (Å²) in [4.78, 5) is 23.2. The summed E-state index contributed by atoms with van der Waals surface area (Å²) in [5, 5.41) is 6.02. The van der Waals surface area contributed by atoms with E-state index in [1.54, 1.807) is 18.2 Å². The first-order chi connectivity index (χ1) is 9.43. The van der Waals surface area contributed by atoms with Gasteiger partial charge in [0.25, 0.3) is 0 Å². The van der Waals surface area contributed by atoms with Crippen LogP contribution in [0.3, 0.4) is 0 Å². The van der Waals surface area contributed by atoms with Crippen molar-refractivity contribution in [1.29, 1.82) is 0 Å². The average Bonchev–Trinajstić information content (AvgIpc) is 2.39. The van der Waals surface area contributed by atoms with Gasteiger partial charge in [0.05, 0.1) is 12.7 Å². The molecular weight excluding hydrogens is 256 g/mol. The van der Waals surface area contributed by atoms with E-state index in [-0.39, 0.29) is 11.9 Å². The second-order valence-corrected chi connectivity index (χ2v) is 4.93. The minimum Gasteiger partial charge on any atom is -0.465 e. The third-order valence-electron chi connectivity index (χ3n) is 2.83. The molecule has 0 unspecified atom stereocenters. The van der Waals surface area contributed by atoms with Gasteiger partial charge < -0.3 is 15.4 Å². The van der Waals surface area contributed by atoms with Gasteiger partial charge in [0.15, 0.2) is 0 Å². The fourth-order valence-electron chi connectivity index (χ4n) is 1.74. The summed E-state index contributed by atoms with van der Waals surface area (Å²) in [6.07, 6.45) is 0.413. The normalized spacial score (nSPS) is 10.4. The molecule has 0 aliphatic heterocycles. The molecule has 0 aromatic heterocycles. The molecule has 0 spiro atoms.